The lowest BCUT2D eigenvalue weighted by Crippen LogP contribution is -1.61. The zero-order valence-corrected chi connectivity index (χ0v) is 10.3. The number of para-hydroxylation sites is 1. The van der Waals surface area contributed by atoms with E-state index in [4.69, 9.17) is 0 Å². The molecule has 0 N–H and O–H groups in total. The van der Waals surface area contributed by atoms with E-state index < -0.39 is 0 Å². The van der Waals surface area contributed by atoms with Crippen LogP contribution in [0.3, 0.4) is 0 Å². The van der Waals surface area contributed by atoms with Crippen LogP contribution in [0, 0.1) is 0 Å². The minimum atomic E-state index is 1.10. The number of nitrogens with zero attached hydrogens (tertiary/aromatic N) is 1. The zero-order valence-electron chi connectivity index (χ0n) is 9.45. The summed E-state index contributed by atoms with van der Waals surface area (Å²) >= 11 is 1.68. The van der Waals surface area contributed by atoms with Gasteiger partial charge in [-0.1, -0.05) is 46.2 Å². The van der Waals surface area contributed by atoms with E-state index in [0.29, 0.717) is 0 Å². The number of thiazole rings is 1. The summed E-state index contributed by atoms with van der Waals surface area (Å²) in [6.07, 6.45) is 1.25. The van der Waals surface area contributed by atoms with Gasteiger partial charge in [0, 0.05) is 0 Å². The molecule has 0 saturated carbocycles. The van der Waals surface area contributed by atoms with Crippen molar-refractivity contribution in [3.63, 3.8) is 0 Å². The molecule has 1 heterocycles. The molecule has 0 amide bonds. The zero-order chi connectivity index (χ0) is 10.8. The van der Waals surface area contributed by atoms with Crippen molar-refractivity contribution >= 4 is 21.6 Å². The van der Waals surface area contributed by atoms with Crippen LogP contribution in [-0.2, 0) is 0 Å². The molecule has 0 aliphatic rings. The van der Waals surface area contributed by atoms with E-state index in [0.717, 1.165) is 5.52 Å². The van der Waals surface area contributed by atoms with Crippen molar-refractivity contribution in [2.45, 2.75) is 34.1 Å². The van der Waals surface area contributed by atoms with Crippen molar-refractivity contribution in [3.05, 3.63) is 29.8 Å². The lowest BCUT2D eigenvalue weighted by atomic mass is 10.3. The smallest absolute Gasteiger partial charge is 0.0812 e. The number of aromatic nitrogens is 1. The summed E-state index contributed by atoms with van der Waals surface area (Å²) in [6, 6.07) is 8.13. The first kappa shape index (κ1) is 13.1. The van der Waals surface area contributed by atoms with Crippen molar-refractivity contribution in [2.75, 3.05) is 0 Å². The largest absolute Gasteiger partial charge is 0.245 e. The molecule has 0 aliphatic carbocycles. The van der Waals surface area contributed by atoms with Crippen LogP contribution in [0.1, 0.15) is 34.1 Å². The molecule has 0 atom stereocenters. The minimum absolute atomic E-state index is 1.10. The molecule has 78 valence electrons. The van der Waals surface area contributed by atoms with E-state index in [1.54, 1.807) is 11.3 Å². The van der Waals surface area contributed by atoms with Gasteiger partial charge < -0.3 is 0 Å². The number of benzene rings is 1. The normalized spacial score (nSPS) is 8.29. The monoisotopic (exact) mass is 209 g/mol. The quantitative estimate of drug-likeness (QED) is 0.610. The second kappa shape index (κ2) is 8.70. The van der Waals surface area contributed by atoms with Gasteiger partial charge in [-0.2, -0.15) is 0 Å². The molecule has 0 saturated heterocycles. The van der Waals surface area contributed by atoms with Crippen LogP contribution in [-0.4, -0.2) is 4.98 Å². The van der Waals surface area contributed by atoms with Crippen molar-refractivity contribution in [3.8, 4) is 0 Å². The fraction of sp³-hybridized carbons (Fsp3) is 0.417. The molecule has 0 aliphatic heterocycles. The highest BCUT2D eigenvalue weighted by Crippen LogP contribution is 2.15. The maximum absolute atomic E-state index is 4.14. The Morgan fingerprint density at radius 1 is 1.14 bits per heavy atom. The highest BCUT2D eigenvalue weighted by molar-refractivity contribution is 7.16. The van der Waals surface area contributed by atoms with Crippen LogP contribution in [0.15, 0.2) is 29.8 Å². The Morgan fingerprint density at radius 3 is 2.29 bits per heavy atom. The van der Waals surface area contributed by atoms with E-state index >= 15 is 0 Å². The third kappa shape index (κ3) is 4.38. The summed E-state index contributed by atoms with van der Waals surface area (Å²) in [5, 5.41) is 0. The average molecular weight is 209 g/mol. The van der Waals surface area contributed by atoms with Crippen LogP contribution in [0.4, 0.5) is 0 Å². The van der Waals surface area contributed by atoms with Gasteiger partial charge in [-0.3, -0.25) is 0 Å². The summed E-state index contributed by atoms with van der Waals surface area (Å²) in [5.41, 5.74) is 2.97. The Balaban J connectivity index is 0.000000294. The second-order valence-electron chi connectivity index (χ2n) is 2.53. The van der Waals surface area contributed by atoms with E-state index in [1.165, 1.54) is 11.1 Å². The fourth-order valence-corrected chi connectivity index (χ4v) is 1.48. The van der Waals surface area contributed by atoms with Crippen LogP contribution < -0.4 is 0 Å². The number of hydrogen-bond donors (Lipinski definition) is 0. The predicted octanol–water partition coefficient (Wildman–Crippen LogP) is 4.74. The van der Waals surface area contributed by atoms with Gasteiger partial charge in [0.25, 0.3) is 0 Å². The Bertz CT molecular complexity index is 297. The first-order valence-corrected chi connectivity index (χ1v) is 6.04. The first-order valence-electron chi connectivity index (χ1n) is 5.16. The van der Waals surface area contributed by atoms with Crippen LogP contribution in [0.25, 0.3) is 10.2 Å². The highest BCUT2D eigenvalue weighted by Gasteiger charge is 1.89. The topological polar surface area (TPSA) is 12.9 Å². The summed E-state index contributed by atoms with van der Waals surface area (Å²) in [6.45, 7) is 8.25. The molecule has 0 radical (unpaired) electrons. The molecule has 2 rings (SSSR count). The molecule has 14 heavy (non-hydrogen) atoms. The SMILES string of the molecule is CC.CCC.c1ccc2scnc2c1. The van der Waals surface area contributed by atoms with Gasteiger partial charge in [-0.05, 0) is 12.1 Å². The van der Waals surface area contributed by atoms with Crippen LogP contribution >= 0.6 is 11.3 Å². The van der Waals surface area contributed by atoms with Gasteiger partial charge in [0.2, 0.25) is 0 Å². The predicted molar refractivity (Wildman–Crippen MR) is 66.9 cm³/mol. The van der Waals surface area contributed by atoms with Crippen LogP contribution in [0.5, 0.6) is 0 Å². The molecule has 2 heteroatoms. The molecule has 1 aromatic heterocycles. The molecule has 0 spiro atoms. The van der Waals surface area contributed by atoms with Crippen molar-refractivity contribution in [1.82, 2.24) is 4.98 Å². The van der Waals surface area contributed by atoms with Crippen molar-refractivity contribution < 1.29 is 0 Å². The summed E-state index contributed by atoms with van der Waals surface area (Å²) in [7, 11) is 0. The Morgan fingerprint density at radius 2 is 1.71 bits per heavy atom. The van der Waals surface area contributed by atoms with Crippen molar-refractivity contribution in [1.29, 1.82) is 0 Å². The van der Waals surface area contributed by atoms with E-state index in [9.17, 15) is 0 Å². The lowest BCUT2D eigenvalue weighted by molar-refractivity contribution is 1.09. The molecule has 0 bridgehead atoms. The van der Waals surface area contributed by atoms with E-state index in [1.807, 2.05) is 37.6 Å². The van der Waals surface area contributed by atoms with Gasteiger partial charge in [-0.15, -0.1) is 11.3 Å². The van der Waals surface area contributed by atoms with Gasteiger partial charge >= 0.3 is 0 Å². The first-order chi connectivity index (χ1) is 6.88. The van der Waals surface area contributed by atoms with Gasteiger partial charge in [0.05, 0.1) is 15.7 Å². The van der Waals surface area contributed by atoms with Gasteiger partial charge in [0.1, 0.15) is 0 Å². The minimum Gasteiger partial charge on any atom is -0.245 e. The second-order valence-corrected chi connectivity index (χ2v) is 3.41. The molecular formula is C12H19NS. The Kier molecular flexibility index (Phi) is 8.14. The van der Waals surface area contributed by atoms with E-state index in [2.05, 4.69) is 24.9 Å². The summed E-state index contributed by atoms with van der Waals surface area (Å²) < 4.78 is 1.26. The maximum Gasteiger partial charge on any atom is 0.0812 e. The summed E-state index contributed by atoms with van der Waals surface area (Å²) in [5.74, 6) is 0. The molecule has 1 nitrogen and oxygen atoms in total. The number of rotatable bonds is 0. The summed E-state index contributed by atoms with van der Waals surface area (Å²) in [4.78, 5) is 4.14. The van der Waals surface area contributed by atoms with Gasteiger partial charge in [0.15, 0.2) is 0 Å². The number of fused-ring (bicyclic) bond motifs is 1. The van der Waals surface area contributed by atoms with Crippen LogP contribution in [0.2, 0.25) is 0 Å². The standard InChI is InChI=1S/C7H5NS.C3H8.C2H6/c1-2-4-7-6(3-1)8-5-9-7;1-3-2;1-2/h1-5H;3H2,1-2H3;1-2H3. The maximum atomic E-state index is 4.14. The third-order valence-electron chi connectivity index (χ3n) is 1.24. The molecule has 0 unspecified atom stereocenters. The Hall–Kier alpha value is -0.890. The molecule has 1 aromatic carbocycles. The average Bonchev–Trinajstić information content (AvgIpc) is 2.69. The molecular weight excluding hydrogens is 190 g/mol. The fourth-order valence-electron chi connectivity index (χ4n) is 0.803. The third-order valence-corrected chi connectivity index (χ3v) is 2.05. The molecule has 0 fully saturated rings. The molecule has 2 aromatic rings. The Labute approximate surface area is 90.8 Å². The number of hydrogen-bond acceptors (Lipinski definition) is 2. The van der Waals surface area contributed by atoms with Crippen molar-refractivity contribution in [2.24, 2.45) is 0 Å². The van der Waals surface area contributed by atoms with Gasteiger partial charge in [-0.25, -0.2) is 4.98 Å². The lowest BCUT2D eigenvalue weighted by Gasteiger charge is -1.80. The highest BCUT2D eigenvalue weighted by atomic mass is 32.1. The van der Waals surface area contributed by atoms with E-state index in [-0.39, 0.29) is 0 Å².